The molecule has 0 spiro atoms. The second kappa shape index (κ2) is 6.07. The van der Waals surface area contributed by atoms with Gasteiger partial charge in [0.1, 0.15) is 0 Å². The number of nitrogens with one attached hydrogen (secondary N) is 1. The number of hydrogen-bond donors (Lipinski definition) is 1. The predicted molar refractivity (Wildman–Crippen MR) is 77.3 cm³/mol. The first-order chi connectivity index (χ1) is 8.74. The fourth-order valence-electron chi connectivity index (χ4n) is 2.43. The second-order valence-corrected chi connectivity index (χ2v) is 5.41. The number of hydrogen-bond acceptors (Lipinski definition) is 1. The maximum absolute atomic E-state index is 5.44. The van der Waals surface area contributed by atoms with Crippen LogP contribution >= 0.6 is 0 Å². The third-order valence-electron chi connectivity index (χ3n) is 3.80. The Hall–Kier alpha value is -1.26. The van der Waals surface area contributed by atoms with Crippen molar-refractivity contribution in [2.24, 2.45) is 5.92 Å². The molecule has 96 valence electrons. The minimum Gasteiger partial charge on any atom is -0.306 e. The molecule has 0 amide bonds. The van der Waals surface area contributed by atoms with Crippen molar-refractivity contribution in [3.63, 3.8) is 0 Å². The maximum atomic E-state index is 5.44. The van der Waals surface area contributed by atoms with Crippen LogP contribution in [-0.4, -0.2) is 6.04 Å². The quantitative estimate of drug-likeness (QED) is 0.746. The van der Waals surface area contributed by atoms with E-state index in [-0.39, 0.29) is 0 Å². The van der Waals surface area contributed by atoms with Gasteiger partial charge in [0.05, 0.1) is 0 Å². The lowest BCUT2D eigenvalue weighted by atomic mass is 9.99. The van der Waals surface area contributed by atoms with Crippen LogP contribution in [0.15, 0.2) is 24.3 Å². The molecule has 1 fully saturated rings. The molecule has 2 rings (SSSR count). The van der Waals surface area contributed by atoms with Gasteiger partial charge in [0.15, 0.2) is 0 Å². The minimum absolute atomic E-state index is 0.446. The van der Waals surface area contributed by atoms with Crippen LogP contribution in [0, 0.1) is 25.2 Å². The van der Waals surface area contributed by atoms with Crippen molar-refractivity contribution in [1.29, 1.82) is 0 Å². The number of rotatable bonds is 6. The summed E-state index contributed by atoms with van der Waals surface area (Å²) < 4.78 is 0. The molecule has 2 unspecified atom stereocenters. The van der Waals surface area contributed by atoms with Crippen LogP contribution in [0.1, 0.15) is 49.8 Å². The van der Waals surface area contributed by atoms with Crippen molar-refractivity contribution in [3.8, 4) is 12.3 Å². The summed E-state index contributed by atoms with van der Waals surface area (Å²) in [5.41, 5.74) is 2.74. The monoisotopic (exact) mass is 241 g/mol. The van der Waals surface area contributed by atoms with E-state index < -0.39 is 0 Å². The highest BCUT2D eigenvalue weighted by atomic mass is 15.0. The van der Waals surface area contributed by atoms with Crippen molar-refractivity contribution in [2.75, 3.05) is 0 Å². The van der Waals surface area contributed by atoms with Crippen molar-refractivity contribution in [3.05, 3.63) is 35.4 Å². The molecule has 1 N–H and O–H groups in total. The predicted octanol–water partition coefficient (Wildman–Crippen LogP) is 3.84. The Balaban J connectivity index is 2.08. The zero-order chi connectivity index (χ0) is 13.0. The van der Waals surface area contributed by atoms with E-state index in [1.165, 1.54) is 24.0 Å². The molecule has 0 bridgehead atoms. The summed E-state index contributed by atoms with van der Waals surface area (Å²) in [6, 6.07) is 9.86. The van der Waals surface area contributed by atoms with E-state index in [2.05, 4.69) is 49.4 Å². The van der Waals surface area contributed by atoms with E-state index in [1.807, 2.05) is 0 Å². The molecule has 0 aliphatic heterocycles. The zero-order valence-electron chi connectivity index (χ0n) is 11.4. The largest absolute Gasteiger partial charge is 0.306 e. The maximum Gasteiger partial charge on any atom is 0.0351 e. The first-order valence-corrected chi connectivity index (χ1v) is 7.00. The molecule has 0 radical (unpaired) electrons. The summed E-state index contributed by atoms with van der Waals surface area (Å²) in [4.78, 5) is 0. The Morgan fingerprint density at radius 2 is 2.00 bits per heavy atom. The van der Waals surface area contributed by atoms with Crippen LogP contribution < -0.4 is 5.32 Å². The van der Waals surface area contributed by atoms with Crippen LogP contribution in [0.25, 0.3) is 0 Å². The molecule has 0 saturated heterocycles. The highest BCUT2D eigenvalue weighted by Crippen LogP contribution is 2.41. The van der Waals surface area contributed by atoms with E-state index in [0.717, 1.165) is 18.8 Å². The number of aryl methyl sites for hydroxylation is 1. The van der Waals surface area contributed by atoms with Crippen molar-refractivity contribution >= 4 is 0 Å². The molecule has 2 atom stereocenters. The van der Waals surface area contributed by atoms with E-state index in [4.69, 9.17) is 6.42 Å². The highest BCUT2D eigenvalue weighted by molar-refractivity contribution is 5.25. The summed E-state index contributed by atoms with van der Waals surface area (Å²) in [5.74, 6) is 3.59. The van der Waals surface area contributed by atoms with Gasteiger partial charge in [-0.05, 0) is 37.7 Å². The van der Waals surface area contributed by atoms with Crippen LogP contribution in [0.3, 0.4) is 0 Å². The van der Waals surface area contributed by atoms with Gasteiger partial charge in [0.2, 0.25) is 0 Å². The molecule has 1 nitrogen and oxygen atoms in total. The van der Waals surface area contributed by atoms with Crippen molar-refractivity contribution in [2.45, 2.75) is 51.6 Å². The Bertz CT molecular complexity index is 408. The van der Waals surface area contributed by atoms with Gasteiger partial charge in [-0.25, -0.2) is 0 Å². The molecule has 1 aliphatic carbocycles. The smallest absolute Gasteiger partial charge is 0.0351 e. The van der Waals surface area contributed by atoms with E-state index in [0.29, 0.717) is 12.1 Å². The first kappa shape index (κ1) is 13.2. The topological polar surface area (TPSA) is 12.0 Å². The van der Waals surface area contributed by atoms with Crippen LogP contribution in [0.4, 0.5) is 0 Å². The lowest BCUT2D eigenvalue weighted by Crippen LogP contribution is -2.33. The standard InChI is InChI=1S/C17H23N/c1-4-6-16(5-2)18-17(15-11-12-15)14-9-7-13(3)8-10-14/h1,7-10,15-18H,5-6,11-12H2,2-3H3. The van der Waals surface area contributed by atoms with Gasteiger partial charge in [-0.2, -0.15) is 0 Å². The lowest BCUT2D eigenvalue weighted by Gasteiger charge is -2.24. The molecule has 1 saturated carbocycles. The fraction of sp³-hybridized carbons (Fsp3) is 0.529. The van der Waals surface area contributed by atoms with Crippen molar-refractivity contribution < 1.29 is 0 Å². The van der Waals surface area contributed by atoms with E-state index in [1.54, 1.807) is 0 Å². The first-order valence-electron chi connectivity index (χ1n) is 7.00. The van der Waals surface area contributed by atoms with Gasteiger partial charge in [0, 0.05) is 18.5 Å². The summed E-state index contributed by atoms with van der Waals surface area (Å²) >= 11 is 0. The summed E-state index contributed by atoms with van der Waals surface area (Å²) in [6.07, 6.45) is 10.1. The Labute approximate surface area is 111 Å². The highest BCUT2D eigenvalue weighted by Gasteiger charge is 2.33. The molecule has 0 aromatic heterocycles. The average molecular weight is 241 g/mol. The van der Waals surface area contributed by atoms with E-state index in [9.17, 15) is 0 Å². The number of benzene rings is 1. The van der Waals surface area contributed by atoms with Crippen LogP contribution in [0.5, 0.6) is 0 Å². The summed E-state index contributed by atoms with van der Waals surface area (Å²) in [6.45, 7) is 4.34. The molecule has 0 heterocycles. The van der Waals surface area contributed by atoms with Gasteiger partial charge in [-0.3, -0.25) is 0 Å². The molecule has 1 aromatic carbocycles. The minimum atomic E-state index is 0.446. The van der Waals surface area contributed by atoms with Crippen LogP contribution in [0.2, 0.25) is 0 Å². The van der Waals surface area contributed by atoms with Gasteiger partial charge in [-0.15, -0.1) is 12.3 Å². The van der Waals surface area contributed by atoms with Crippen molar-refractivity contribution in [1.82, 2.24) is 5.32 Å². The Morgan fingerprint density at radius 1 is 1.33 bits per heavy atom. The van der Waals surface area contributed by atoms with E-state index >= 15 is 0 Å². The third kappa shape index (κ3) is 3.37. The molecule has 18 heavy (non-hydrogen) atoms. The van der Waals surface area contributed by atoms with Gasteiger partial charge in [-0.1, -0.05) is 36.8 Å². The van der Waals surface area contributed by atoms with Gasteiger partial charge >= 0.3 is 0 Å². The second-order valence-electron chi connectivity index (χ2n) is 5.41. The normalized spacial score (nSPS) is 18.1. The van der Waals surface area contributed by atoms with Crippen LogP contribution in [-0.2, 0) is 0 Å². The molecular weight excluding hydrogens is 218 g/mol. The third-order valence-corrected chi connectivity index (χ3v) is 3.80. The van der Waals surface area contributed by atoms with Gasteiger partial charge in [0.25, 0.3) is 0 Å². The average Bonchev–Trinajstić information content (AvgIpc) is 3.20. The lowest BCUT2D eigenvalue weighted by molar-refractivity contribution is 0.398. The Morgan fingerprint density at radius 3 is 2.50 bits per heavy atom. The molecular formula is C17H23N. The molecule has 1 aromatic rings. The fourth-order valence-corrected chi connectivity index (χ4v) is 2.43. The summed E-state index contributed by atoms with van der Waals surface area (Å²) in [7, 11) is 0. The molecule has 1 aliphatic rings. The molecule has 1 heteroatoms. The SMILES string of the molecule is C#CCC(CC)NC(c1ccc(C)cc1)C1CC1. The Kier molecular flexibility index (Phi) is 4.44. The van der Waals surface area contributed by atoms with Gasteiger partial charge < -0.3 is 5.32 Å². The zero-order valence-corrected chi connectivity index (χ0v) is 11.4. The number of terminal acetylenes is 1. The summed E-state index contributed by atoms with van der Waals surface area (Å²) in [5, 5.41) is 3.76.